The maximum Gasteiger partial charge on any atom is 0.250 e. The Morgan fingerprint density at radius 1 is 1.06 bits per heavy atom. The van der Waals surface area contributed by atoms with E-state index in [2.05, 4.69) is 5.32 Å². The number of hydrogen-bond donors (Lipinski definition) is 3. The fourth-order valence-corrected chi connectivity index (χ4v) is 2.36. The van der Waals surface area contributed by atoms with E-state index in [1.807, 2.05) is 30.3 Å². The van der Waals surface area contributed by atoms with Crippen LogP contribution < -0.4 is 16.8 Å². The molecule has 0 fully saturated rings. The summed E-state index contributed by atoms with van der Waals surface area (Å²) >= 11 is 0. The van der Waals surface area contributed by atoms with Crippen molar-refractivity contribution in [2.45, 2.75) is 6.04 Å². The summed E-state index contributed by atoms with van der Waals surface area (Å²) in [6.07, 6.45) is 0. The van der Waals surface area contributed by atoms with E-state index in [0.29, 0.717) is 5.56 Å². The maximum absolute atomic E-state index is 11.4. The topological polar surface area (TPSA) is 81.1 Å². The number of amides is 1. The van der Waals surface area contributed by atoms with Crippen LogP contribution in [0.15, 0.2) is 42.5 Å². The van der Waals surface area contributed by atoms with Gasteiger partial charge in [-0.05, 0) is 23.3 Å². The Morgan fingerprint density at radius 2 is 1.78 bits per heavy atom. The van der Waals surface area contributed by atoms with E-state index in [-0.39, 0.29) is 6.04 Å². The molecule has 1 unspecified atom stereocenters. The molecule has 3 rings (SSSR count). The van der Waals surface area contributed by atoms with Crippen LogP contribution in [0.4, 0.5) is 11.4 Å². The summed E-state index contributed by atoms with van der Waals surface area (Å²) in [7, 11) is 0. The fourth-order valence-electron chi connectivity index (χ4n) is 2.36. The zero-order chi connectivity index (χ0) is 12.7. The van der Waals surface area contributed by atoms with Crippen LogP contribution in [0, 0.1) is 0 Å². The third-order valence-corrected chi connectivity index (χ3v) is 3.25. The molecule has 2 aromatic rings. The number of primary amides is 1. The minimum Gasteiger partial charge on any atom is -0.366 e. The predicted molar refractivity (Wildman–Crippen MR) is 70.7 cm³/mol. The maximum atomic E-state index is 11.4. The number of carbonyl (C=O) groups excluding carboxylic acids is 1. The molecule has 1 aliphatic heterocycles. The van der Waals surface area contributed by atoms with Crippen LogP contribution in [0.3, 0.4) is 0 Å². The molecule has 0 aliphatic carbocycles. The van der Waals surface area contributed by atoms with Crippen LogP contribution in [0.25, 0.3) is 0 Å². The Kier molecular flexibility index (Phi) is 2.31. The van der Waals surface area contributed by atoms with Gasteiger partial charge in [0.25, 0.3) is 5.91 Å². The van der Waals surface area contributed by atoms with Crippen molar-refractivity contribution in [3.63, 3.8) is 0 Å². The highest BCUT2D eigenvalue weighted by molar-refractivity contribution is 6.01. The smallest absolute Gasteiger partial charge is 0.250 e. The Bertz CT molecular complexity index is 637. The van der Waals surface area contributed by atoms with Crippen molar-refractivity contribution in [1.29, 1.82) is 0 Å². The van der Waals surface area contributed by atoms with Crippen LogP contribution in [0.1, 0.15) is 27.5 Å². The number of carbonyl (C=O) groups is 1. The standard InChI is InChI=1S/C14H13N3O/c15-12-8-4-1-2-7-11(8)17-13-9(12)5-3-6-10(13)14(16)18/h1-7,12,17H,15H2,(H2,16,18). The van der Waals surface area contributed by atoms with Gasteiger partial charge < -0.3 is 16.8 Å². The molecule has 1 heterocycles. The van der Waals surface area contributed by atoms with Crippen molar-refractivity contribution < 1.29 is 4.79 Å². The van der Waals surface area contributed by atoms with Gasteiger partial charge in [-0.15, -0.1) is 0 Å². The van der Waals surface area contributed by atoms with Crippen molar-refractivity contribution in [2.75, 3.05) is 5.32 Å². The van der Waals surface area contributed by atoms with E-state index in [1.54, 1.807) is 12.1 Å². The van der Waals surface area contributed by atoms with Crippen LogP contribution >= 0.6 is 0 Å². The summed E-state index contributed by atoms with van der Waals surface area (Å²) in [6, 6.07) is 13.0. The highest BCUT2D eigenvalue weighted by Gasteiger charge is 2.24. The summed E-state index contributed by atoms with van der Waals surface area (Å²) in [5, 5.41) is 3.24. The van der Waals surface area contributed by atoms with Crippen molar-refractivity contribution in [3.8, 4) is 0 Å². The lowest BCUT2D eigenvalue weighted by Gasteiger charge is -2.27. The summed E-state index contributed by atoms with van der Waals surface area (Å²) in [5.41, 5.74) is 15.6. The number of rotatable bonds is 1. The summed E-state index contributed by atoms with van der Waals surface area (Å²) in [4.78, 5) is 11.4. The van der Waals surface area contributed by atoms with Crippen molar-refractivity contribution >= 4 is 17.3 Å². The third-order valence-electron chi connectivity index (χ3n) is 3.25. The number of fused-ring (bicyclic) bond motifs is 2. The zero-order valence-electron chi connectivity index (χ0n) is 9.68. The van der Waals surface area contributed by atoms with E-state index in [1.165, 1.54) is 0 Å². The van der Waals surface area contributed by atoms with Crippen molar-refractivity contribution in [1.82, 2.24) is 0 Å². The van der Waals surface area contributed by atoms with E-state index >= 15 is 0 Å². The molecule has 0 saturated carbocycles. The lowest BCUT2D eigenvalue weighted by atomic mass is 9.90. The fraction of sp³-hybridized carbons (Fsp3) is 0.0714. The lowest BCUT2D eigenvalue weighted by molar-refractivity contribution is 0.100. The highest BCUT2D eigenvalue weighted by atomic mass is 16.1. The second-order valence-electron chi connectivity index (χ2n) is 4.32. The van der Waals surface area contributed by atoms with Gasteiger partial charge >= 0.3 is 0 Å². The quantitative estimate of drug-likeness (QED) is 0.710. The molecule has 4 nitrogen and oxygen atoms in total. The number of nitrogens with one attached hydrogen (secondary N) is 1. The molecule has 2 aromatic carbocycles. The van der Waals surface area contributed by atoms with E-state index in [9.17, 15) is 4.79 Å². The summed E-state index contributed by atoms with van der Waals surface area (Å²) in [6.45, 7) is 0. The Labute approximate surface area is 105 Å². The molecular formula is C14H13N3O. The summed E-state index contributed by atoms with van der Waals surface area (Å²) < 4.78 is 0. The Hall–Kier alpha value is -2.33. The Morgan fingerprint density at radius 3 is 2.56 bits per heavy atom. The molecule has 0 bridgehead atoms. The number of nitrogens with two attached hydrogens (primary N) is 2. The van der Waals surface area contributed by atoms with Gasteiger partial charge in [0, 0.05) is 5.69 Å². The number of para-hydroxylation sites is 2. The lowest BCUT2D eigenvalue weighted by Crippen LogP contribution is -2.23. The van der Waals surface area contributed by atoms with Crippen LogP contribution in [0.5, 0.6) is 0 Å². The highest BCUT2D eigenvalue weighted by Crippen LogP contribution is 2.39. The van der Waals surface area contributed by atoms with Gasteiger partial charge in [0.1, 0.15) is 0 Å². The second-order valence-corrected chi connectivity index (χ2v) is 4.32. The predicted octanol–water partition coefficient (Wildman–Crippen LogP) is 1.89. The number of hydrogen-bond acceptors (Lipinski definition) is 3. The molecular weight excluding hydrogens is 226 g/mol. The van der Waals surface area contributed by atoms with Gasteiger partial charge in [0.15, 0.2) is 0 Å². The van der Waals surface area contributed by atoms with Gasteiger partial charge in [-0.3, -0.25) is 4.79 Å². The van der Waals surface area contributed by atoms with Gasteiger partial charge in [-0.1, -0.05) is 30.3 Å². The van der Waals surface area contributed by atoms with Gasteiger partial charge in [0.2, 0.25) is 0 Å². The molecule has 0 saturated heterocycles. The largest absolute Gasteiger partial charge is 0.366 e. The average Bonchev–Trinajstić information content (AvgIpc) is 2.38. The van der Waals surface area contributed by atoms with Crippen molar-refractivity contribution in [3.05, 3.63) is 59.2 Å². The molecule has 0 spiro atoms. The SMILES string of the molecule is NC(=O)c1cccc2c1Nc1ccccc1C2N. The van der Waals surface area contributed by atoms with Crippen LogP contribution in [0.2, 0.25) is 0 Å². The van der Waals surface area contributed by atoms with Crippen molar-refractivity contribution in [2.24, 2.45) is 11.5 Å². The molecule has 5 N–H and O–H groups in total. The normalized spacial score (nSPS) is 16.4. The first-order chi connectivity index (χ1) is 8.68. The summed E-state index contributed by atoms with van der Waals surface area (Å²) in [5.74, 6) is -0.453. The first-order valence-electron chi connectivity index (χ1n) is 5.72. The Balaban J connectivity index is 2.22. The van der Waals surface area contributed by atoms with Gasteiger partial charge in [-0.2, -0.15) is 0 Å². The first kappa shape index (κ1) is 10.8. The van der Waals surface area contributed by atoms with Crippen LogP contribution in [-0.2, 0) is 0 Å². The monoisotopic (exact) mass is 239 g/mol. The molecule has 4 heteroatoms. The van der Waals surface area contributed by atoms with E-state index in [4.69, 9.17) is 11.5 Å². The first-order valence-corrected chi connectivity index (χ1v) is 5.72. The number of anilines is 2. The van der Waals surface area contributed by atoms with Crippen LogP contribution in [-0.4, -0.2) is 5.91 Å². The average molecular weight is 239 g/mol. The molecule has 0 aromatic heterocycles. The molecule has 90 valence electrons. The van der Waals surface area contributed by atoms with Gasteiger partial charge in [-0.25, -0.2) is 0 Å². The molecule has 18 heavy (non-hydrogen) atoms. The molecule has 0 radical (unpaired) electrons. The third kappa shape index (κ3) is 1.47. The van der Waals surface area contributed by atoms with E-state index in [0.717, 1.165) is 22.5 Å². The molecule has 1 amide bonds. The number of benzene rings is 2. The minimum absolute atomic E-state index is 0.239. The van der Waals surface area contributed by atoms with E-state index < -0.39 is 5.91 Å². The second kappa shape index (κ2) is 3.85. The molecule has 1 aliphatic rings. The zero-order valence-corrected chi connectivity index (χ0v) is 9.68. The van der Waals surface area contributed by atoms with Gasteiger partial charge in [0.05, 0.1) is 17.3 Å². The molecule has 1 atom stereocenters. The minimum atomic E-state index is -0.453.